The van der Waals surface area contributed by atoms with Crippen LogP contribution in [0.5, 0.6) is 0 Å². The molecule has 0 aromatic rings. The Bertz CT molecular complexity index is 165. The van der Waals surface area contributed by atoms with Crippen LogP contribution in [0.25, 0.3) is 0 Å². The average Bonchev–Trinajstić information content (AvgIpc) is 2.01. The Morgan fingerprint density at radius 2 is 1.80 bits per heavy atom. The zero-order valence-corrected chi connectivity index (χ0v) is 9.58. The van der Waals surface area contributed by atoms with Gasteiger partial charge < -0.3 is 10.1 Å². The van der Waals surface area contributed by atoms with Crippen LogP contribution in [-0.4, -0.2) is 33.0 Å². The van der Waals surface area contributed by atoms with E-state index in [0.717, 1.165) is 12.8 Å². The van der Waals surface area contributed by atoms with E-state index in [1.807, 2.05) is 13.8 Å². The molecule has 0 spiro atoms. The predicted octanol–water partition coefficient (Wildman–Crippen LogP) is 2.59. The van der Waals surface area contributed by atoms with Crippen LogP contribution in [0.4, 0.5) is 13.2 Å². The minimum Gasteiger partial charge on any atom is -0.371 e. The van der Waals surface area contributed by atoms with Crippen LogP contribution in [0.1, 0.15) is 26.7 Å². The van der Waals surface area contributed by atoms with E-state index in [1.54, 1.807) is 7.05 Å². The molecule has 0 fully saturated rings. The van der Waals surface area contributed by atoms with Crippen molar-refractivity contribution < 1.29 is 17.9 Å². The summed E-state index contributed by atoms with van der Waals surface area (Å²) in [5.41, 5.74) is -0.214. The molecular weight excluding hydrogens is 207 g/mol. The summed E-state index contributed by atoms with van der Waals surface area (Å²) in [6, 6.07) is 0. The first-order chi connectivity index (χ1) is 6.83. The van der Waals surface area contributed by atoms with Crippen molar-refractivity contribution in [3.63, 3.8) is 0 Å². The van der Waals surface area contributed by atoms with Crippen LogP contribution in [0.2, 0.25) is 0 Å². The normalized spacial score (nSPS) is 16.4. The summed E-state index contributed by atoms with van der Waals surface area (Å²) >= 11 is 0. The number of halogens is 3. The first-order valence-corrected chi connectivity index (χ1v) is 5.12. The molecule has 0 aromatic heterocycles. The quantitative estimate of drug-likeness (QED) is 0.721. The number of rotatable bonds is 7. The maximum Gasteiger partial charge on any atom is 0.411 e. The van der Waals surface area contributed by atoms with E-state index in [4.69, 9.17) is 4.74 Å². The van der Waals surface area contributed by atoms with Gasteiger partial charge in [0, 0.05) is 12.0 Å². The van der Waals surface area contributed by atoms with E-state index in [2.05, 4.69) is 5.32 Å². The summed E-state index contributed by atoms with van der Waals surface area (Å²) in [4.78, 5) is 0. The molecule has 5 heteroatoms. The molecule has 0 aliphatic heterocycles. The summed E-state index contributed by atoms with van der Waals surface area (Å²) in [6.07, 6.45) is -2.44. The predicted molar refractivity (Wildman–Crippen MR) is 53.8 cm³/mol. The third kappa shape index (κ3) is 7.62. The molecule has 0 aromatic carbocycles. The average molecular weight is 227 g/mol. The van der Waals surface area contributed by atoms with Gasteiger partial charge >= 0.3 is 6.18 Å². The Morgan fingerprint density at radius 3 is 2.20 bits per heavy atom. The van der Waals surface area contributed by atoms with Gasteiger partial charge in [-0.15, -0.1) is 0 Å². The largest absolute Gasteiger partial charge is 0.411 e. The highest BCUT2D eigenvalue weighted by Crippen LogP contribution is 2.24. The van der Waals surface area contributed by atoms with Gasteiger partial charge in [0.2, 0.25) is 0 Å². The van der Waals surface area contributed by atoms with E-state index in [9.17, 15) is 13.2 Å². The van der Waals surface area contributed by atoms with Crippen LogP contribution in [0, 0.1) is 5.41 Å². The lowest BCUT2D eigenvalue weighted by Gasteiger charge is -2.29. The molecule has 92 valence electrons. The van der Waals surface area contributed by atoms with Gasteiger partial charge in [-0.05, 0) is 13.5 Å². The maximum atomic E-state index is 11.9. The molecule has 0 heterocycles. The maximum absolute atomic E-state index is 11.9. The fourth-order valence-corrected chi connectivity index (χ4v) is 1.66. The molecule has 0 aliphatic rings. The van der Waals surface area contributed by atoms with E-state index < -0.39 is 12.8 Å². The van der Waals surface area contributed by atoms with Gasteiger partial charge in [0.15, 0.2) is 0 Å². The van der Waals surface area contributed by atoms with E-state index in [0.29, 0.717) is 6.54 Å². The van der Waals surface area contributed by atoms with Gasteiger partial charge in [-0.1, -0.05) is 20.3 Å². The zero-order valence-electron chi connectivity index (χ0n) is 9.58. The highest BCUT2D eigenvalue weighted by Gasteiger charge is 2.30. The number of nitrogens with one attached hydrogen (secondary N) is 1. The first-order valence-electron chi connectivity index (χ1n) is 5.12. The van der Waals surface area contributed by atoms with E-state index >= 15 is 0 Å². The van der Waals surface area contributed by atoms with Gasteiger partial charge in [-0.3, -0.25) is 0 Å². The van der Waals surface area contributed by atoms with Crippen molar-refractivity contribution in [2.75, 3.05) is 26.8 Å². The first kappa shape index (κ1) is 14.7. The Morgan fingerprint density at radius 1 is 1.20 bits per heavy atom. The number of hydrogen-bond acceptors (Lipinski definition) is 2. The number of ether oxygens (including phenoxy) is 1. The fourth-order valence-electron chi connectivity index (χ4n) is 1.66. The zero-order chi connectivity index (χ0) is 11.9. The van der Waals surface area contributed by atoms with Crippen molar-refractivity contribution >= 4 is 0 Å². The van der Waals surface area contributed by atoms with Crippen molar-refractivity contribution in [1.29, 1.82) is 0 Å². The number of alkyl halides is 3. The van der Waals surface area contributed by atoms with Gasteiger partial charge in [-0.25, -0.2) is 0 Å². The van der Waals surface area contributed by atoms with Crippen LogP contribution in [0.15, 0.2) is 0 Å². The van der Waals surface area contributed by atoms with Crippen molar-refractivity contribution in [2.24, 2.45) is 5.41 Å². The molecule has 0 radical (unpaired) electrons. The SMILES string of the molecule is CCCC(C)(CNC)COCC(F)(F)F. The summed E-state index contributed by atoms with van der Waals surface area (Å²) in [5, 5.41) is 2.98. The Labute approximate surface area is 89.2 Å². The van der Waals surface area contributed by atoms with Crippen molar-refractivity contribution in [2.45, 2.75) is 32.9 Å². The van der Waals surface area contributed by atoms with Crippen molar-refractivity contribution in [3.05, 3.63) is 0 Å². The van der Waals surface area contributed by atoms with Gasteiger partial charge in [-0.2, -0.15) is 13.2 Å². The summed E-state index contributed by atoms with van der Waals surface area (Å²) in [6.45, 7) is 3.59. The highest BCUT2D eigenvalue weighted by molar-refractivity contribution is 4.75. The monoisotopic (exact) mass is 227 g/mol. The standard InChI is InChI=1S/C10H20F3NO/c1-4-5-9(2,6-14-3)7-15-8-10(11,12)13/h14H,4-8H2,1-3H3. The molecule has 0 rings (SSSR count). The smallest absolute Gasteiger partial charge is 0.371 e. The Hall–Kier alpha value is -0.290. The van der Waals surface area contributed by atoms with Crippen LogP contribution in [-0.2, 0) is 4.74 Å². The molecule has 0 aliphatic carbocycles. The Kier molecular flexibility index (Phi) is 6.20. The van der Waals surface area contributed by atoms with Crippen LogP contribution >= 0.6 is 0 Å². The van der Waals surface area contributed by atoms with Crippen molar-refractivity contribution in [3.8, 4) is 0 Å². The van der Waals surface area contributed by atoms with E-state index in [1.165, 1.54) is 0 Å². The molecule has 2 nitrogen and oxygen atoms in total. The summed E-state index contributed by atoms with van der Waals surface area (Å²) in [7, 11) is 1.79. The van der Waals surface area contributed by atoms with E-state index in [-0.39, 0.29) is 12.0 Å². The molecule has 1 unspecified atom stereocenters. The van der Waals surface area contributed by atoms with Crippen LogP contribution in [0.3, 0.4) is 0 Å². The lowest BCUT2D eigenvalue weighted by atomic mass is 9.86. The molecular formula is C10H20F3NO. The third-order valence-electron chi connectivity index (χ3n) is 2.17. The Balaban J connectivity index is 3.95. The second kappa shape index (κ2) is 6.33. The second-order valence-corrected chi connectivity index (χ2v) is 4.20. The molecule has 0 saturated carbocycles. The minimum atomic E-state index is -4.23. The molecule has 1 atom stereocenters. The molecule has 15 heavy (non-hydrogen) atoms. The lowest BCUT2D eigenvalue weighted by Crippen LogP contribution is -2.35. The summed E-state index contributed by atoms with van der Waals surface area (Å²) < 4.78 is 40.3. The van der Waals surface area contributed by atoms with Gasteiger partial charge in [0.05, 0.1) is 6.61 Å². The lowest BCUT2D eigenvalue weighted by molar-refractivity contribution is -0.180. The van der Waals surface area contributed by atoms with Crippen LogP contribution < -0.4 is 5.32 Å². The number of hydrogen-bond donors (Lipinski definition) is 1. The second-order valence-electron chi connectivity index (χ2n) is 4.20. The summed E-state index contributed by atoms with van der Waals surface area (Å²) in [5.74, 6) is 0. The third-order valence-corrected chi connectivity index (χ3v) is 2.17. The molecule has 0 amide bonds. The topological polar surface area (TPSA) is 21.3 Å². The minimum absolute atomic E-state index is 0.140. The van der Waals surface area contributed by atoms with Gasteiger partial charge in [0.1, 0.15) is 6.61 Å². The highest BCUT2D eigenvalue weighted by atomic mass is 19.4. The molecule has 1 N–H and O–H groups in total. The van der Waals surface area contributed by atoms with Gasteiger partial charge in [0.25, 0.3) is 0 Å². The molecule has 0 saturated heterocycles. The van der Waals surface area contributed by atoms with Crippen molar-refractivity contribution in [1.82, 2.24) is 5.32 Å². The molecule has 0 bridgehead atoms. The fraction of sp³-hybridized carbons (Fsp3) is 1.00.